The minimum atomic E-state index is -0.688. The van der Waals surface area contributed by atoms with Crippen LogP contribution in [-0.2, 0) is 11.3 Å². The maximum atomic E-state index is 12.5. The predicted octanol–water partition coefficient (Wildman–Crippen LogP) is 6.47. The van der Waals surface area contributed by atoms with Crippen molar-refractivity contribution in [3.63, 3.8) is 0 Å². The predicted molar refractivity (Wildman–Crippen MR) is 130 cm³/mol. The maximum Gasteiger partial charge on any atom is 0.360 e. The first-order valence-corrected chi connectivity index (χ1v) is 11.2. The van der Waals surface area contributed by atoms with Crippen molar-refractivity contribution in [2.75, 3.05) is 6.61 Å². The van der Waals surface area contributed by atoms with Gasteiger partial charge in [0.1, 0.15) is 24.0 Å². The normalized spacial score (nSPS) is 10.5. The molecule has 0 fully saturated rings. The summed E-state index contributed by atoms with van der Waals surface area (Å²) in [6.45, 7) is 2.27. The highest BCUT2D eigenvalue weighted by Gasteiger charge is 2.26. The topological polar surface area (TPSA) is 77.1 Å². The van der Waals surface area contributed by atoms with Crippen molar-refractivity contribution in [3.8, 4) is 28.8 Å². The van der Waals surface area contributed by atoms with Gasteiger partial charge in [0.2, 0.25) is 0 Å². The van der Waals surface area contributed by atoms with Gasteiger partial charge in [-0.15, -0.1) is 0 Å². The van der Waals surface area contributed by atoms with Crippen molar-refractivity contribution in [2.45, 2.75) is 13.5 Å². The molecule has 0 aliphatic heterocycles. The van der Waals surface area contributed by atoms with Crippen molar-refractivity contribution >= 4 is 29.2 Å². The second-order valence-corrected chi connectivity index (χ2v) is 8.05. The molecule has 1 aromatic heterocycles. The lowest BCUT2D eigenvalue weighted by Gasteiger charge is -2.11. The summed E-state index contributed by atoms with van der Waals surface area (Å²) in [7, 11) is 0. The first-order valence-electron chi connectivity index (χ1n) is 10.4. The highest BCUT2D eigenvalue weighted by molar-refractivity contribution is 6.35. The van der Waals surface area contributed by atoms with Gasteiger partial charge in [0.05, 0.1) is 23.0 Å². The molecule has 170 valence electrons. The summed E-state index contributed by atoms with van der Waals surface area (Å²) in [5.41, 5.74) is 2.57. The van der Waals surface area contributed by atoms with Crippen LogP contribution in [-0.4, -0.2) is 22.4 Å². The van der Waals surface area contributed by atoms with Crippen LogP contribution in [0, 0.1) is 11.3 Å². The van der Waals surface area contributed by atoms with E-state index in [0.29, 0.717) is 39.3 Å². The highest BCUT2D eigenvalue weighted by Crippen LogP contribution is 2.34. The summed E-state index contributed by atoms with van der Waals surface area (Å²) in [6.07, 6.45) is 0. The van der Waals surface area contributed by atoms with Crippen molar-refractivity contribution in [1.29, 1.82) is 5.26 Å². The summed E-state index contributed by atoms with van der Waals surface area (Å²) >= 11 is 12.5. The molecule has 1 heterocycles. The van der Waals surface area contributed by atoms with Crippen molar-refractivity contribution < 1.29 is 14.3 Å². The fraction of sp³-hybridized carbons (Fsp3) is 0.115. The molecule has 34 heavy (non-hydrogen) atoms. The van der Waals surface area contributed by atoms with Crippen LogP contribution < -0.4 is 4.74 Å². The van der Waals surface area contributed by atoms with E-state index < -0.39 is 5.97 Å². The standard InChI is InChI=1S/C26H19Cl2N3O3/c1-2-33-26(32)24-21(15-29)25(31(30-24)23-13-10-19(27)14-22(23)28)18-8-11-20(12-9-18)34-16-17-6-4-3-5-7-17/h3-14H,2,16H2,1H3. The summed E-state index contributed by atoms with van der Waals surface area (Å²) < 4.78 is 12.4. The van der Waals surface area contributed by atoms with Crippen LogP contribution in [0.15, 0.2) is 72.8 Å². The van der Waals surface area contributed by atoms with E-state index in [1.165, 1.54) is 4.68 Å². The largest absolute Gasteiger partial charge is 0.489 e. The van der Waals surface area contributed by atoms with E-state index in [-0.39, 0.29) is 17.9 Å². The van der Waals surface area contributed by atoms with Gasteiger partial charge in [-0.1, -0.05) is 53.5 Å². The van der Waals surface area contributed by atoms with Gasteiger partial charge < -0.3 is 9.47 Å². The van der Waals surface area contributed by atoms with Crippen LogP contribution in [0.2, 0.25) is 10.0 Å². The molecule has 0 atom stereocenters. The highest BCUT2D eigenvalue weighted by atomic mass is 35.5. The molecule has 8 heteroatoms. The van der Waals surface area contributed by atoms with E-state index in [2.05, 4.69) is 11.2 Å². The number of rotatable bonds is 7. The Labute approximate surface area is 206 Å². The third kappa shape index (κ3) is 4.91. The Kier molecular flexibility index (Phi) is 7.17. The molecule has 6 nitrogen and oxygen atoms in total. The number of aromatic nitrogens is 2. The molecule has 0 aliphatic rings. The lowest BCUT2D eigenvalue weighted by atomic mass is 10.1. The minimum Gasteiger partial charge on any atom is -0.489 e. The molecule has 4 rings (SSSR count). The summed E-state index contributed by atoms with van der Waals surface area (Å²) in [5, 5.41) is 15.1. The van der Waals surface area contributed by atoms with Crippen molar-refractivity contribution in [2.24, 2.45) is 0 Å². The number of carbonyl (C=O) groups excluding carboxylic acids is 1. The molecule has 0 saturated carbocycles. The zero-order chi connectivity index (χ0) is 24.1. The molecule has 0 amide bonds. The fourth-order valence-corrected chi connectivity index (χ4v) is 3.90. The molecule has 0 N–H and O–H groups in total. The first kappa shape index (κ1) is 23.4. The van der Waals surface area contributed by atoms with Crippen LogP contribution in [0.4, 0.5) is 0 Å². The molecular formula is C26H19Cl2N3O3. The zero-order valence-corrected chi connectivity index (χ0v) is 19.7. The minimum absolute atomic E-state index is 0.0856. The Morgan fingerprint density at radius 1 is 1.06 bits per heavy atom. The van der Waals surface area contributed by atoms with Crippen LogP contribution in [0.1, 0.15) is 28.5 Å². The van der Waals surface area contributed by atoms with E-state index in [1.807, 2.05) is 30.3 Å². The van der Waals surface area contributed by atoms with Gasteiger partial charge in [0.25, 0.3) is 0 Å². The summed E-state index contributed by atoms with van der Waals surface area (Å²) in [6, 6.07) is 24.0. The average molecular weight is 492 g/mol. The Balaban J connectivity index is 1.76. The van der Waals surface area contributed by atoms with Crippen molar-refractivity contribution in [1.82, 2.24) is 9.78 Å². The second-order valence-electron chi connectivity index (χ2n) is 7.21. The molecule has 0 saturated heterocycles. The smallest absolute Gasteiger partial charge is 0.360 e. The van der Waals surface area contributed by atoms with Crippen LogP contribution in [0.5, 0.6) is 5.75 Å². The van der Waals surface area contributed by atoms with Crippen molar-refractivity contribution in [3.05, 3.63) is 99.7 Å². The quantitative estimate of drug-likeness (QED) is 0.276. The van der Waals surface area contributed by atoms with Crippen LogP contribution >= 0.6 is 23.2 Å². The van der Waals surface area contributed by atoms with Crippen LogP contribution in [0.25, 0.3) is 16.9 Å². The van der Waals surface area contributed by atoms with Gasteiger partial charge in [-0.25, -0.2) is 9.48 Å². The van der Waals surface area contributed by atoms with E-state index in [9.17, 15) is 10.1 Å². The molecule has 4 aromatic rings. The average Bonchev–Trinajstić information content (AvgIpc) is 3.23. The van der Waals surface area contributed by atoms with Gasteiger partial charge >= 0.3 is 5.97 Å². The lowest BCUT2D eigenvalue weighted by Crippen LogP contribution is -2.08. The third-order valence-electron chi connectivity index (χ3n) is 4.98. The SMILES string of the molecule is CCOC(=O)c1nn(-c2ccc(Cl)cc2Cl)c(-c2ccc(OCc3ccccc3)cc2)c1C#N. The Hall–Kier alpha value is -3.79. The number of nitriles is 1. The van der Waals surface area contributed by atoms with E-state index in [4.69, 9.17) is 32.7 Å². The van der Waals surface area contributed by atoms with Gasteiger partial charge in [0.15, 0.2) is 5.69 Å². The fourth-order valence-electron chi connectivity index (χ4n) is 3.41. The van der Waals surface area contributed by atoms with E-state index in [0.717, 1.165) is 5.56 Å². The molecular weight excluding hydrogens is 473 g/mol. The summed E-state index contributed by atoms with van der Waals surface area (Å²) in [5.74, 6) is -0.0285. The van der Waals surface area contributed by atoms with Gasteiger partial charge in [-0.2, -0.15) is 10.4 Å². The van der Waals surface area contributed by atoms with Gasteiger partial charge in [0, 0.05) is 10.6 Å². The first-order chi connectivity index (χ1) is 16.5. The maximum absolute atomic E-state index is 12.5. The molecule has 0 aliphatic carbocycles. The molecule has 0 unspecified atom stereocenters. The lowest BCUT2D eigenvalue weighted by molar-refractivity contribution is 0.0518. The summed E-state index contributed by atoms with van der Waals surface area (Å²) in [4.78, 5) is 12.5. The third-order valence-corrected chi connectivity index (χ3v) is 5.52. The van der Waals surface area contributed by atoms with Gasteiger partial charge in [-0.3, -0.25) is 0 Å². The Bertz CT molecular complexity index is 1360. The number of esters is 1. The van der Waals surface area contributed by atoms with E-state index in [1.54, 1.807) is 49.4 Å². The number of hydrogen-bond donors (Lipinski definition) is 0. The second kappa shape index (κ2) is 10.4. The van der Waals surface area contributed by atoms with Crippen LogP contribution in [0.3, 0.4) is 0 Å². The Morgan fingerprint density at radius 2 is 1.79 bits per heavy atom. The number of carbonyl (C=O) groups is 1. The number of halogens is 2. The Morgan fingerprint density at radius 3 is 2.44 bits per heavy atom. The molecule has 0 bridgehead atoms. The number of nitrogens with zero attached hydrogens (tertiary/aromatic N) is 3. The zero-order valence-electron chi connectivity index (χ0n) is 18.2. The molecule has 0 radical (unpaired) electrons. The molecule has 0 spiro atoms. The monoisotopic (exact) mass is 491 g/mol. The van der Waals surface area contributed by atoms with Gasteiger partial charge in [-0.05, 0) is 55.0 Å². The number of ether oxygens (including phenoxy) is 2. The number of hydrogen-bond acceptors (Lipinski definition) is 5. The number of benzene rings is 3. The molecule has 3 aromatic carbocycles. The van der Waals surface area contributed by atoms with E-state index >= 15 is 0 Å².